The van der Waals surface area contributed by atoms with Crippen molar-refractivity contribution in [3.8, 4) is 55.6 Å². The second kappa shape index (κ2) is 12.7. The van der Waals surface area contributed by atoms with Gasteiger partial charge >= 0.3 is 0 Å². The van der Waals surface area contributed by atoms with Crippen molar-refractivity contribution in [3.05, 3.63) is 206 Å². The minimum absolute atomic E-state index is 0.902. The second-order valence-corrected chi connectivity index (χ2v) is 14.4. The first-order valence-electron chi connectivity index (χ1n) is 18.9. The fourth-order valence-electron chi connectivity index (χ4n) is 8.74. The molecular formula is C54H34O. The van der Waals surface area contributed by atoms with Gasteiger partial charge in [0.15, 0.2) is 0 Å². The number of hydrogen-bond donors (Lipinski definition) is 0. The number of para-hydroxylation sites is 1. The summed E-state index contributed by atoms with van der Waals surface area (Å²) in [5, 5.41) is 9.65. The Kier molecular flexibility index (Phi) is 7.25. The summed E-state index contributed by atoms with van der Waals surface area (Å²) in [5.41, 5.74) is 13.9. The highest BCUT2D eigenvalue weighted by Gasteiger charge is 2.21. The van der Waals surface area contributed by atoms with E-state index in [1.165, 1.54) is 82.4 Å². The molecule has 0 saturated heterocycles. The molecule has 0 amide bonds. The van der Waals surface area contributed by atoms with Gasteiger partial charge in [-0.15, -0.1) is 0 Å². The van der Waals surface area contributed by atoms with E-state index >= 15 is 0 Å². The molecule has 1 heteroatoms. The van der Waals surface area contributed by atoms with Crippen LogP contribution in [0.15, 0.2) is 211 Å². The third kappa shape index (κ3) is 5.16. The van der Waals surface area contributed by atoms with E-state index in [2.05, 4.69) is 200 Å². The predicted octanol–water partition coefficient (Wildman–Crippen LogP) is 15.4. The average molecular weight is 699 g/mol. The molecule has 0 aliphatic rings. The summed E-state index contributed by atoms with van der Waals surface area (Å²) in [4.78, 5) is 0. The lowest BCUT2D eigenvalue weighted by Crippen LogP contribution is -1.94. The van der Waals surface area contributed by atoms with Crippen LogP contribution in [0.2, 0.25) is 0 Å². The first-order chi connectivity index (χ1) is 27.3. The lowest BCUT2D eigenvalue weighted by Gasteiger charge is -2.21. The van der Waals surface area contributed by atoms with Crippen LogP contribution in [-0.2, 0) is 0 Å². The maximum Gasteiger partial charge on any atom is 0.136 e. The first kappa shape index (κ1) is 31.3. The maximum absolute atomic E-state index is 6.37. The highest BCUT2D eigenvalue weighted by molar-refractivity contribution is 6.25. The molecule has 0 radical (unpaired) electrons. The van der Waals surface area contributed by atoms with Crippen LogP contribution in [0.1, 0.15) is 0 Å². The number of benzene rings is 10. The molecule has 10 aromatic carbocycles. The van der Waals surface area contributed by atoms with Crippen molar-refractivity contribution < 1.29 is 4.42 Å². The smallest absolute Gasteiger partial charge is 0.136 e. The Balaban J connectivity index is 1.30. The fraction of sp³-hybridized carbons (Fsp3) is 0. The van der Waals surface area contributed by atoms with Gasteiger partial charge in [0, 0.05) is 10.8 Å². The molecular weight excluding hydrogens is 665 g/mol. The molecule has 0 fully saturated rings. The molecule has 0 aliphatic heterocycles. The molecule has 256 valence electrons. The molecule has 11 rings (SSSR count). The van der Waals surface area contributed by atoms with Gasteiger partial charge in [0.05, 0.1) is 0 Å². The standard InChI is InChI=1S/C54H34O/c1-4-15-35(16-5-1)38-27-29-44-49(32-38)53(47-34-41(36-17-6-2-7-18-36)31-39-21-10-11-22-42(39)47)45-30-28-40(33-48(45)52(44)37-19-8-3-9-20-37)43-24-14-26-51-54(43)46-23-12-13-25-50(46)55-51/h1-34H. The van der Waals surface area contributed by atoms with Crippen LogP contribution in [0, 0.1) is 0 Å². The Morgan fingerprint density at radius 3 is 1.58 bits per heavy atom. The lowest BCUT2D eigenvalue weighted by atomic mass is 9.82. The molecule has 0 saturated carbocycles. The number of hydrogen-bond acceptors (Lipinski definition) is 1. The van der Waals surface area contributed by atoms with E-state index < -0.39 is 0 Å². The normalized spacial score (nSPS) is 11.6. The Bertz CT molecular complexity index is 3230. The van der Waals surface area contributed by atoms with E-state index in [9.17, 15) is 0 Å². The van der Waals surface area contributed by atoms with Crippen molar-refractivity contribution >= 4 is 54.3 Å². The van der Waals surface area contributed by atoms with Crippen molar-refractivity contribution in [1.29, 1.82) is 0 Å². The monoisotopic (exact) mass is 698 g/mol. The number of rotatable bonds is 5. The predicted molar refractivity (Wildman–Crippen MR) is 233 cm³/mol. The van der Waals surface area contributed by atoms with E-state index in [0.29, 0.717) is 0 Å². The minimum atomic E-state index is 0.902. The van der Waals surface area contributed by atoms with Gasteiger partial charge in [-0.2, -0.15) is 0 Å². The summed E-state index contributed by atoms with van der Waals surface area (Å²) >= 11 is 0. The molecule has 11 aromatic rings. The molecule has 0 unspecified atom stereocenters. The van der Waals surface area contributed by atoms with E-state index in [4.69, 9.17) is 4.42 Å². The van der Waals surface area contributed by atoms with Crippen LogP contribution in [0.4, 0.5) is 0 Å². The molecule has 0 aliphatic carbocycles. The van der Waals surface area contributed by atoms with E-state index in [1.807, 2.05) is 6.07 Å². The third-order valence-electron chi connectivity index (χ3n) is 11.2. The highest BCUT2D eigenvalue weighted by atomic mass is 16.3. The third-order valence-corrected chi connectivity index (χ3v) is 11.2. The quantitative estimate of drug-likeness (QED) is 0.163. The summed E-state index contributed by atoms with van der Waals surface area (Å²) in [6, 6.07) is 75.0. The van der Waals surface area contributed by atoms with Gasteiger partial charge in [-0.1, -0.05) is 170 Å². The molecule has 55 heavy (non-hydrogen) atoms. The van der Waals surface area contributed by atoms with Gasteiger partial charge < -0.3 is 4.42 Å². The van der Waals surface area contributed by atoms with Gasteiger partial charge in [0.25, 0.3) is 0 Å². The summed E-state index contributed by atoms with van der Waals surface area (Å²) in [6.45, 7) is 0. The summed E-state index contributed by atoms with van der Waals surface area (Å²) in [5.74, 6) is 0. The van der Waals surface area contributed by atoms with Crippen molar-refractivity contribution in [3.63, 3.8) is 0 Å². The van der Waals surface area contributed by atoms with Gasteiger partial charge in [0.1, 0.15) is 11.2 Å². The summed E-state index contributed by atoms with van der Waals surface area (Å²) in [6.07, 6.45) is 0. The average Bonchev–Trinajstić information content (AvgIpc) is 3.65. The molecule has 1 nitrogen and oxygen atoms in total. The zero-order chi connectivity index (χ0) is 36.3. The van der Waals surface area contributed by atoms with Crippen LogP contribution >= 0.6 is 0 Å². The van der Waals surface area contributed by atoms with Gasteiger partial charge in [-0.05, 0) is 124 Å². The molecule has 0 bridgehead atoms. The summed E-state index contributed by atoms with van der Waals surface area (Å²) < 4.78 is 6.37. The molecule has 0 spiro atoms. The second-order valence-electron chi connectivity index (χ2n) is 14.4. The van der Waals surface area contributed by atoms with Crippen molar-refractivity contribution in [2.24, 2.45) is 0 Å². The molecule has 0 atom stereocenters. The maximum atomic E-state index is 6.37. The minimum Gasteiger partial charge on any atom is -0.456 e. The zero-order valence-corrected chi connectivity index (χ0v) is 30.0. The topological polar surface area (TPSA) is 13.1 Å². The van der Waals surface area contributed by atoms with E-state index in [0.717, 1.165) is 27.5 Å². The van der Waals surface area contributed by atoms with E-state index in [-0.39, 0.29) is 0 Å². The van der Waals surface area contributed by atoms with Gasteiger partial charge in [-0.3, -0.25) is 0 Å². The molecule has 0 N–H and O–H groups in total. The molecule has 1 heterocycles. The van der Waals surface area contributed by atoms with Crippen LogP contribution in [0.25, 0.3) is 110 Å². The lowest BCUT2D eigenvalue weighted by molar-refractivity contribution is 0.669. The number of furan rings is 1. The summed E-state index contributed by atoms with van der Waals surface area (Å²) in [7, 11) is 0. The van der Waals surface area contributed by atoms with Gasteiger partial charge in [-0.25, -0.2) is 0 Å². The van der Waals surface area contributed by atoms with Crippen LogP contribution in [0.3, 0.4) is 0 Å². The van der Waals surface area contributed by atoms with Crippen LogP contribution in [0.5, 0.6) is 0 Å². The van der Waals surface area contributed by atoms with Crippen molar-refractivity contribution in [2.45, 2.75) is 0 Å². The van der Waals surface area contributed by atoms with E-state index in [1.54, 1.807) is 0 Å². The Hall–Kier alpha value is -7.22. The largest absolute Gasteiger partial charge is 0.456 e. The zero-order valence-electron chi connectivity index (χ0n) is 30.0. The Morgan fingerprint density at radius 1 is 0.255 bits per heavy atom. The first-order valence-corrected chi connectivity index (χ1v) is 18.9. The molecule has 1 aromatic heterocycles. The Morgan fingerprint density at radius 2 is 0.818 bits per heavy atom. The van der Waals surface area contributed by atoms with Gasteiger partial charge in [0.2, 0.25) is 0 Å². The van der Waals surface area contributed by atoms with Crippen LogP contribution < -0.4 is 0 Å². The van der Waals surface area contributed by atoms with Crippen molar-refractivity contribution in [2.75, 3.05) is 0 Å². The van der Waals surface area contributed by atoms with Crippen LogP contribution in [-0.4, -0.2) is 0 Å². The van der Waals surface area contributed by atoms with Crippen molar-refractivity contribution in [1.82, 2.24) is 0 Å². The fourth-order valence-corrected chi connectivity index (χ4v) is 8.74. The Labute approximate surface area is 319 Å². The number of fused-ring (bicyclic) bond motifs is 6. The highest BCUT2D eigenvalue weighted by Crippen LogP contribution is 2.49. The SMILES string of the molecule is c1ccc(-c2cc(-c3c4ccc(-c5cccc6oc7ccccc7c56)cc4c(-c4ccccc4)c4ccc(-c5ccccc5)cc34)c3ccccc3c2)cc1.